The van der Waals surface area contributed by atoms with Crippen LogP contribution in [0.5, 0.6) is 11.5 Å². The average molecular weight is 328 g/mol. The first-order valence-corrected chi connectivity index (χ1v) is 8.00. The molecule has 0 unspecified atom stereocenters. The SMILES string of the molecule is C=c1ccc2c(c1C)Oc1ccccc1C=2c1ccccc1C(=O)O. The molecule has 1 aliphatic rings. The van der Waals surface area contributed by atoms with Crippen LogP contribution in [0.1, 0.15) is 27.0 Å². The molecule has 0 saturated heterocycles. The van der Waals surface area contributed by atoms with Gasteiger partial charge in [0.25, 0.3) is 0 Å². The Bertz CT molecular complexity index is 1130. The van der Waals surface area contributed by atoms with Crippen LogP contribution >= 0.6 is 0 Å². The van der Waals surface area contributed by atoms with Gasteiger partial charge in [-0.15, -0.1) is 0 Å². The van der Waals surface area contributed by atoms with Gasteiger partial charge in [0.05, 0.1) is 5.56 Å². The van der Waals surface area contributed by atoms with E-state index in [0.29, 0.717) is 5.56 Å². The summed E-state index contributed by atoms with van der Waals surface area (Å²) in [5, 5.41) is 11.4. The molecule has 3 heteroatoms. The average Bonchev–Trinajstić information content (AvgIpc) is 2.63. The molecule has 0 aliphatic carbocycles. The highest BCUT2D eigenvalue weighted by molar-refractivity contribution is 5.98. The maximum atomic E-state index is 11.8. The van der Waals surface area contributed by atoms with Crippen LogP contribution in [0.15, 0.2) is 60.7 Å². The molecule has 0 spiro atoms. The van der Waals surface area contributed by atoms with Crippen molar-refractivity contribution in [2.24, 2.45) is 0 Å². The minimum atomic E-state index is -0.945. The Hall–Kier alpha value is -3.33. The molecule has 0 saturated carbocycles. The van der Waals surface area contributed by atoms with E-state index in [2.05, 4.69) is 6.58 Å². The summed E-state index contributed by atoms with van der Waals surface area (Å²) in [4.78, 5) is 11.8. The van der Waals surface area contributed by atoms with Crippen LogP contribution in [0.2, 0.25) is 0 Å². The first kappa shape index (κ1) is 15.2. The summed E-state index contributed by atoms with van der Waals surface area (Å²) < 4.78 is 6.13. The number of carbonyl (C=O) groups is 1. The second kappa shape index (κ2) is 5.64. The fourth-order valence-corrected chi connectivity index (χ4v) is 3.26. The molecule has 0 bridgehead atoms. The number of ether oxygens (including phenoxy) is 1. The Kier molecular flexibility index (Phi) is 3.43. The molecular formula is C22H16O3. The Balaban J connectivity index is 2.20. The van der Waals surface area contributed by atoms with Crippen molar-refractivity contribution in [3.63, 3.8) is 0 Å². The number of carboxylic acid groups (broad SMARTS) is 1. The Morgan fingerprint density at radius 1 is 0.960 bits per heavy atom. The van der Waals surface area contributed by atoms with Gasteiger partial charge in [-0.05, 0) is 41.5 Å². The molecule has 0 radical (unpaired) electrons. The molecule has 122 valence electrons. The van der Waals surface area contributed by atoms with Crippen molar-refractivity contribution in [3.8, 4) is 11.5 Å². The quantitative estimate of drug-likeness (QED) is 0.613. The Labute approximate surface area is 145 Å². The highest BCUT2D eigenvalue weighted by Gasteiger charge is 2.23. The topological polar surface area (TPSA) is 46.5 Å². The van der Waals surface area contributed by atoms with Crippen molar-refractivity contribution in [2.75, 3.05) is 0 Å². The lowest BCUT2D eigenvalue weighted by atomic mass is 9.89. The molecule has 3 aromatic rings. The maximum Gasteiger partial charge on any atom is 0.336 e. The number of rotatable bonds is 2. The van der Waals surface area contributed by atoms with Crippen molar-refractivity contribution in [1.82, 2.24) is 0 Å². The molecule has 1 heterocycles. The third kappa shape index (κ3) is 2.32. The number of carboxylic acids is 1. The summed E-state index contributed by atoms with van der Waals surface area (Å²) in [6.07, 6.45) is 0. The number of para-hydroxylation sites is 1. The highest BCUT2D eigenvalue weighted by atomic mass is 16.5. The Morgan fingerprint density at radius 3 is 2.40 bits per heavy atom. The molecule has 25 heavy (non-hydrogen) atoms. The fraction of sp³-hybridized carbons (Fsp3) is 0.0455. The maximum absolute atomic E-state index is 11.8. The lowest BCUT2D eigenvalue weighted by molar-refractivity contribution is 0.0696. The zero-order valence-electron chi connectivity index (χ0n) is 13.7. The lowest BCUT2D eigenvalue weighted by Gasteiger charge is -2.23. The van der Waals surface area contributed by atoms with Gasteiger partial charge in [0, 0.05) is 16.4 Å². The van der Waals surface area contributed by atoms with E-state index in [1.54, 1.807) is 12.1 Å². The largest absolute Gasteiger partial charge is 0.478 e. The zero-order chi connectivity index (χ0) is 17.6. The molecule has 1 aliphatic heterocycles. The molecular weight excluding hydrogens is 312 g/mol. The van der Waals surface area contributed by atoms with Crippen molar-refractivity contribution >= 4 is 18.1 Å². The first-order chi connectivity index (χ1) is 12.1. The minimum absolute atomic E-state index is 0.275. The van der Waals surface area contributed by atoms with Gasteiger partial charge in [-0.25, -0.2) is 4.79 Å². The van der Waals surface area contributed by atoms with Gasteiger partial charge in [0.1, 0.15) is 11.5 Å². The number of aromatic carboxylic acids is 1. The minimum Gasteiger partial charge on any atom is -0.478 e. The van der Waals surface area contributed by atoms with Gasteiger partial charge in [0.2, 0.25) is 0 Å². The van der Waals surface area contributed by atoms with Gasteiger partial charge in [0.15, 0.2) is 0 Å². The van der Waals surface area contributed by atoms with E-state index in [-0.39, 0.29) is 5.56 Å². The monoisotopic (exact) mass is 328 g/mol. The molecule has 1 N–H and O–H groups in total. The van der Waals surface area contributed by atoms with Gasteiger partial charge < -0.3 is 9.84 Å². The normalized spacial score (nSPS) is 12.1. The first-order valence-electron chi connectivity index (χ1n) is 8.00. The number of benzene rings is 3. The van der Waals surface area contributed by atoms with Crippen LogP contribution in [-0.4, -0.2) is 11.1 Å². The fourth-order valence-electron chi connectivity index (χ4n) is 3.26. The van der Waals surface area contributed by atoms with Crippen LogP contribution in [-0.2, 0) is 0 Å². The summed E-state index contributed by atoms with van der Waals surface area (Å²) in [6.45, 7) is 6.01. The summed E-state index contributed by atoms with van der Waals surface area (Å²) in [6, 6.07) is 18.7. The van der Waals surface area contributed by atoms with Gasteiger partial charge >= 0.3 is 5.97 Å². The van der Waals surface area contributed by atoms with Crippen LogP contribution in [0, 0.1) is 6.92 Å². The van der Waals surface area contributed by atoms with E-state index < -0.39 is 5.97 Å². The van der Waals surface area contributed by atoms with Gasteiger partial charge in [-0.1, -0.05) is 49.0 Å². The lowest BCUT2D eigenvalue weighted by Crippen LogP contribution is -2.22. The van der Waals surface area contributed by atoms with Crippen molar-refractivity contribution < 1.29 is 14.6 Å². The van der Waals surface area contributed by atoms with E-state index in [0.717, 1.165) is 38.6 Å². The zero-order valence-corrected chi connectivity index (χ0v) is 13.7. The summed E-state index contributed by atoms with van der Waals surface area (Å²) in [5.74, 6) is 0.513. The molecule has 0 atom stereocenters. The molecule has 3 nitrogen and oxygen atoms in total. The van der Waals surface area contributed by atoms with E-state index in [9.17, 15) is 9.90 Å². The summed E-state index contributed by atoms with van der Waals surface area (Å²) in [7, 11) is 0. The molecule has 0 fully saturated rings. The van der Waals surface area contributed by atoms with Gasteiger partial charge in [-0.2, -0.15) is 0 Å². The van der Waals surface area contributed by atoms with Crippen LogP contribution in [0.3, 0.4) is 0 Å². The molecule has 4 rings (SSSR count). The van der Waals surface area contributed by atoms with Crippen molar-refractivity contribution in [3.05, 3.63) is 93.4 Å². The third-order valence-electron chi connectivity index (χ3n) is 4.58. The van der Waals surface area contributed by atoms with E-state index >= 15 is 0 Å². The number of hydrogen-bond acceptors (Lipinski definition) is 2. The molecule has 0 aromatic heterocycles. The van der Waals surface area contributed by atoms with Gasteiger partial charge in [-0.3, -0.25) is 0 Å². The standard InChI is InChI=1S/C22H16O3/c1-13-11-12-18-20(15-7-3-4-8-16(15)22(23)24)17-9-5-6-10-19(17)25-21(18)14(13)2/h3-12H,1H2,2H3,(H,23,24). The predicted octanol–water partition coefficient (Wildman–Crippen LogP) is 3.46. The van der Waals surface area contributed by atoms with Crippen molar-refractivity contribution in [1.29, 1.82) is 0 Å². The van der Waals surface area contributed by atoms with Crippen LogP contribution < -0.4 is 15.2 Å². The Morgan fingerprint density at radius 2 is 1.64 bits per heavy atom. The summed E-state index contributed by atoms with van der Waals surface area (Å²) in [5.41, 5.74) is 3.68. The smallest absolute Gasteiger partial charge is 0.336 e. The van der Waals surface area contributed by atoms with Crippen LogP contribution in [0.4, 0.5) is 0 Å². The van der Waals surface area contributed by atoms with E-state index in [4.69, 9.17) is 4.74 Å². The number of fused-ring (bicyclic) bond motifs is 2. The summed E-state index contributed by atoms with van der Waals surface area (Å²) >= 11 is 0. The van der Waals surface area contributed by atoms with E-state index in [1.165, 1.54) is 0 Å². The molecule has 3 aromatic carbocycles. The second-order valence-corrected chi connectivity index (χ2v) is 6.05. The predicted molar refractivity (Wildman–Crippen MR) is 97.5 cm³/mol. The second-order valence-electron chi connectivity index (χ2n) is 6.05. The third-order valence-corrected chi connectivity index (χ3v) is 4.58. The van der Waals surface area contributed by atoms with E-state index in [1.807, 2.05) is 55.5 Å². The van der Waals surface area contributed by atoms with Crippen molar-refractivity contribution in [2.45, 2.75) is 6.92 Å². The number of hydrogen-bond donors (Lipinski definition) is 1. The highest BCUT2D eigenvalue weighted by Crippen LogP contribution is 2.37. The molecule has 0 amide bonds. The van der Waals surface area contributed by atoms with Crippen LogP contribution in [0.25, 0.3) is 12.2 Å².